The van der Waals surface area contributed by atoms with Crippen molar-refractivity contribution in [3.05, 3.63) is 65.5 Å². The molecule has 3 atom stereocenters. The van der Waals surface area contributed by atoms with Crippen LogP contribution in [-0.4, -0.2) is 79.1 Å². The fourth-order valence-corrected chi connectivity index (χ4v) is 4.77. The molecule has 33 heavy (non-hydrogen) atoms. The van der Waals surface area contributed by atoms with Gasteiger partial charge in [-0.1, -0.05) is 24.3 Å². The number of hydrogen-bond donors (Lipinski definition) is 1. The first kappa shape index (κ1) is 24.0. The standard InChI is InChI=1S/C23H26FN3O3.CH2O2/c1-25(2)23(29)27-13-16-12-26(22(28)18-9-4-5-10-20(18)30-3)14-19(16)21(27)15-7-6-8-17(24)11-15;2-1-3/h4-11,16,19,21H,12-14H2,1-3H3;1H,(H,2,3)/t16-,19-,21+;/m1./s1. The van der Waals surface area contributed by atoms with E-state index >= 15 is 0 Å². The van der Waals surface area contributed by atoms with E-state index in [4.69, 9.17) is 14.6 Å². The zero-order valence-corrected chi connectivity index (χ0v) is 18.8. The van der Waals surface area contributed by atoms with E-state index in [1.54, 1.807) is 44.3 Å². The summed E-state index contributed by atoms with van der Waals surface area (Å²) in [5, 5.41) is 6.89. The molecule has 0 aromatic heterocycles. The molecule has 0 bridgehead atoms. The second kappa shape index (κ2) is 10.3. The monoisotopic (exact) mass is 457 g/mol. The highest BCUT2D eigenvalue weighted by Gasteiger charge is 2.50. The average Bonchev–Trinajstić information content (AvgIpc) is 3.36. The summed E-state index contributed by atoms with van der Waals surface area (Å²) in [7, 11) is 4.99. The van der Waals surface area contributed by atoms with E-state index in [1.165, 1.54) is 12.1 Å². The second-order valence-corrected chi connectivity index (χ2v) is 8.27. The van der Waals surface area contributed by atoms with Crippen molar-refractivity contribution in [2.45, 2.75) is 6.04 Å². The van der Waals surface area contributed by atoms with Crippen molar-refractivity contribution in [3.8, 4) is 5.75 Å². The van der Waals surface area contributed by atoms with E-state index in [9.17, 15) is 14.0 Å². The highest BCUT2D eigenvalue weighted by Crippen LogP contribution is 2.45. The molecule has 2 saturated heterocycles. The smallest absolute Gasteiger partial charge is 0.320 e. The molecule has 0 spiro atoms. The number of methoxy groups -OCH3 is 1. The highest BCUT2D eigenvalue weighted by molar-refractivity contribution is 5.97. The van der Waals surface area contributed by atoms with E-state index in [0.29, 0.717) is 30.9 Å². The first-order chi connectivity index (χ1) is 15.8. The lowest BCUT2D eigenvalue weighted by atomic mass is 9.89. The summed E-state index contributed by atoms with van der Waals surface area (Å²) < 4.78 is 19.3. The topological polar surface area (TPSA) is 90.4 Å². The van der Waals surface area contributed by atoms with E-state index < -0.39 is 0 Å². The third-order valence-corrected chi connectivity index (χ3v) is 6.11. The van der Waals surface area contributed by atoms with Crippen molar-refractivity contribution >= 4 is 18.4 Å². The minimum absolute atomic E-state index is 0.0503. The summed E-state index contributed by atoms with van der Waals surface area (Å²) in [6.07, 6.45) is 0. The van der Waals surface area contributed by atoms with Crippen LogP contribution in [0, 0.1) is 17.7 Å². The molecule has 2 aromatic rings. The lowest BCUT2D eigenvalue weighted by Crippen LogP contribution is -2.42. The van der Waals surface area contributed by atoms with Crippen LogP contribution in [-0.2, 0) is 4.79 Å². The van der Waals surface area contributed by atoms with Gasteiger partial charge in [-0.2, -0.15) is 0 Å². The Kier molecular flexibility index (Phi) is 7.52. The van der Waals surface area contributed by atoms with Gasteiger partial charge in [0.1, 0.15) is 11.6 Å². The Bertz CT molecular complexity index is 1020. The van der Waals surface area contributed by atoms with Crippen LogP contribution >= 0.6 is 0 Å². The Balaban J connectivity index is 0.000000968. The molecule has 8 nitrogen and oxygen atoms in total. The number of carbonyl (C=O) groups is 3. The van der Waals surface area contributed by atoms with Crippen LogP contribution in [0.1, 0.15) is 22.0 Å². The van der Waals surface area contributed by atoms with Gasteiger partial charge in [0.25, 0.3) is 12.4 Å². The molecule has 3 amide bonds. The SMILES string of the molecule is COc1ccccc1C(=O)N1C[C@@H]2CN(C(=O)N(C)C)[C@@H](c3cccc(F)c3)[C@@H]2C1.O=CO. The summed E-state index contributed by atoms with van der Waals surface area (Å²) >= 11 is 0. The molecule has 4 rings (SSSR count). The number of carboxylic acid groups (broad SMARTS) is 1. The van der Waals surface area contributed by atoms with Gasteiger partial charge >= 0.3 is 6.03 Å². The molecule has 0 saturated carbocycles. The molecule has 2 aromatic carbocycles. The number of benzene rings is 2. The zero-order valence-electron chi connectivity index (χ0n) is 18.8. The number of likely N-dealkylation sites (tertiary alicyclic amines) is 2. The Labute approximate surface area is 192 Å². The van der Waals surface area contributed by atoms with Crippen LogP contribution < -0.4 is 4.74 Å². The molecule has 2 fully saturated rings. The van der Waals surface area contributed by atoms with Crippen LogP contribution in [0.2, 0.25) is 0 Å². The van der Waals surface area contributed by atoms with Gasteiger partial charge in [-0.15, -0.1) is 0 Å². The van der Waals surface area contributed by atoms with Gasteiger partial charge in [0.15, 0.2) is 0 Å². The van der Waals surface area contributed by atoms with Crippen LogP contribution in [0.15, 0.2) is 48.5 Å². The predicted molar refractivity (Wildman–Crippen MR) is 120 cm³/mol. The molecule has 9 heteroatoms. The number of halogens is 1. The molecule has 0 aliphatic carbocycles. The van der Waals surface area contributed by atoms with E-state index in [1.807, 2.05) is 28.0 Å². The third-order valence-electron chi connectivity index (χ3n) is 6.11. The van der Waals surface area contributed by atoms with Gasteiger partial charge in [0, 0.05) is 45.6 Å². The Hall–Kier alpha value is -3.62. The minimum atomic E-state index is -0.326. The summed E-state index contributed by atoms with van der Waals surface area (Å²) in [6.45, 7) is 1.36. The van der Waals surface area contributed by atoms with Crippen molar-refractivity contribution in [2.24, 2.45) is 11.8 Å². The van der Waals surface area contributed by atoms with Crippen molar-refractivity contribution in [1.29, 1.82) is 0 Å². The maximum atomic E-state index is 14.0. The minimum Gasteiger partial charge on any atom is -0.496 e. The third kappa shape index (κ3) is 4.92. The van der Waals surface area contributed by atoms with Crippen molar-refractivity contribution in [1.82, 2.24) is 14.7 Å². The maximum absolute atomic E-state index is 14.0. The fourth-order valence-electron chi connectivity index (χ4n) is 4.77. The van der Waals surface area contributed by atoms with Crippen LogP contribution in [0.25, 0.3) is 0 Å². The molecule has 2 aliphatic heterocycles. The van der Waals surface area contributed by atoms with Gasteiger partial charge in [0.2, 0.25) is 0 Å². The van der Waals surface area contributed by atoms with Gasteiger partial charge in [0.05, 0.1) is 18.7 Å². The summed E-state index contributed by atoms with van der Waals surface area (Å²) in [4.78, 5) is 39.6. The number of hydrogen-bond acceptors (Lipinski definition) is 4. The first-order valence-corrected chi connectivity index (χ1v) is 10.6. The first-order valence-electron chi connectivity index (χ1n) is 10.6. The van der Waals surface area contributed by atoms with Crippen molar-refractivity contribution in [3.63, 3.8) is 0 Å². The van der Waals surface area contributed by atoms with Crippen LogP contribution in [0.4, 0.5) is 9.18 Å². The molecular formula is C24H28FN3O5. The number of ether oxygens (including phenoxy) is 1. The molecule has 0 radical (unpaired) electrons. The lowest BCUT2D eigenvalue weighted by molar-refractivity contribution is -0.122. The highest BCUT2D eigenvalue weighted by atomic mass is 19.1. The normalized spacial score (nSPS) is 21.0. The Morgan fingerprint density at radius 2 is 1.82 bits per heavy atom. The van der Waals surface area contributed by atoms with Gasteiger partial charge in [-0.3, -0.25) is 9.59 Å². The fraction of sp³-hybridized carbons (Fsp3) is 0.375. The zero-order chi connectivity index (χ0) is 24.1. The molecule has 2 aliphatic rings. The molecule has 0 unspecified atom stereocenters. The lowest BCUT2D eigenvalue weighted by Gasteiger charge is -2.32. The number of fused-ring (bicyclic) bond motifs is 1. The molecular weight excluding hydrogens is 429 g/mol. The quantitative estimate of drug-likeness (QED) is 0.716. The second-order valence-electron chi connectivity index (χ2n) is 8.27. The summed E-state index contributed by atoms with van der Waals surface area (Å²) in [6, 6.07) is 13.3. The van der Waals surface area contributed by atoms with E-state index in [-0.39, 0.29) is 42.1 Å². The van der Waals surface area contributed by atoms with Crippen molar-refractivity contribution < 1.29 is 28.6 Å². The molecule has 176 valence electrons. The number of urea groups is 1. The maximum Gasteiger partial charge on any atom is 0.320 e. The van der Waals surface area contributed by atoms with Crippen LogP contribution in [0.5, 0.6) is 5.75 Å². The number of rotatable bonds is 3. The largest absolute Gasteiger partial charge is 0.496 e. The molecule has 2 heterocycles. The Morgan fingerprint density at radius 1 is 1.12 bits per heavy atom. The summed E-state index contributed by atoms with van der Waals surface area (Å²) in [5.41, 5.74) is 1.30. The summed E-state index contributed by atoms with van der Waals surface area (Å²) in [5.74, 6) is 0.333. The number of nitrogens with zero attached hydrogens (tertiary/aromatic N) is 3. The van der Waals surface area contributed by atoms with Gasteiger partial charge in [-0.05, 0) is 29.8 Å². The van der Waals surface area contributed by atoms with Crippen molar-refractivity contribution in [2.75, 3.05) is 40.8 Å². The number of amides is 3. The molecule has 1 N–H and O–H groups in total. The van der Waals surface area contributed by atoms with Gasteiger partial charge < -0.3 is 24.5 Å². The van der Waals surface area contributed by atoms with E-state index in [2.05, 4.69) is 0 Å². The predicted octanol–water partition coefficient (Wildman–Crippen LogP) is 2.96. The Morgan fingerprint density at radius 3 is 2.45 bits per heavy atom. The number of para-hydroxylation sites is 1. The van der Waals surface area contributed by atoms with E-state index in [0.717, 1.165) is 5.56 Å². The van der Waals surface area contributed by atoms with Crippen LogP contribution in [0.3, 0.4) is 0 Å². The average molecular weight is 458 g/mol. The number of carbonyl (C=O) groups excluding carboxylic acids is 2. The van der Waals surface area contributed by atoms with Gasteiger partial charge in [-0.25, -0.2) is 9.18 Å².